The van der Waals surface area contributed by atoms with E-state index in [2.05, 4.69) is 22.3 Å². The molecule has 2 aromatic rings. The van der Waals surface area contributed by atoms with E-state index >= 15 is 0 Å². The van der Waals surface area contributed by atoms with Gasteiger partial charge in [-0.2, -0.15) is 0 Å². The maximum Gasteiger partial charge on any atom is 0.220 e. The molecule has 1 N–H and O–H groups in total. The summed E-state index contributed by atoms with van der Waals surface area (Å²) < 4.78 is 2.14. The molecule has 4 heteroatoms. The molecule has 0 unspecified atom stereocenters. The molecule has 3 nitrogen and oxygen atoms in total. The molecule has 0 aliphatic rings. The minimum Gasteiger partial charge on any atom is -1.00 e. The summed E-state index contributed by atoms with van der Waals surface area (Å²) in [6, 6.07) is 16.0. The van der Waals surface area contributed by atoms with Gasteiger partial charge in [0, 0.05) is 31.5 Å². The number of nitrogens with one attached hydrogen (secondary N) is 1. The Labute approximate surface area is 136 Å². The van der Waals surface area contributed by atoms with E-state index in [1.54, 1.807) is 0 Å². The highest BCUT2D eigenvalue weighted by molar-refractivity contribution is 5.75. The molecule has 0 atom stereocenters. The van der Waals surface area contributed by atoms with Crippen LogP contribution >= 0.6 is 0 Å². The number of carbonyl (C=O) groups is 1. The van der Waals surface area contributed by atoms with Gasteiger partial charge in [0.1, 0.15) is 6.54 Å². The average Bonchev–Trinajstić information content (AvgIpc) is 2.52. The maximum atomic E-state index is 11.7. The van der Waals surface area contributed by atoms with Crippen LogP contribution in [0.15, 0.2) is 60.9 Å². The molecule has 0 spiro atoms. The Morgan fingerprint density at radius 3 is 2.33 bits per heavy atom. The Morgan fingerprint density at radius 1 is 0.952 bits per heavy atom. The second-order valence-corrected chi connectivity index (χ2v) is 4.83. The summed E-state index contributed by atoms with van der Waals surface area (Å²) in [5, 5.41) is 2.95. The largest absolute Gasteiger partial charge is 1.00 e. The summed E-state index contributed by atoms with van der Waals surface area (Å²) in [7, 11) is 0. The number of pyridine rings is 1. The summed E-state index contributed by atoms with van der Waals surface area (Å²) >= 11 is 0. The summed E-state index contributed by atoms with van der Waals surface area (Å²) in [5.41, 5.74) is 1.14. The van der Waals surface area contributed by atoms with Crippen LogP contribution in [-0.4, -0.2) is 5.91 Å². The zero-order valence-corrected chi connectivity index (χ0v) is 13.6. The van der Waals surface area contributed by atoms with E-state index in [-0.39, 0.29) is 22.9 Å². The van der Waals surface area contributed by atoms with Crippen LogP contribution in [0.1, 0.15) is 24.8 Å². The molecule has 112 valence electrons. The highest BCUT2D eigenvalue weighted by Gasteiger charge is 2.03. The third-order valence-electron chi connectivity index (χ3n) is 3.18. The van der Waals surface area contributed by atoms with Crippen molar-refractivity contribution in [2.45, 2.75) is 32.4 Å². The molecular formula is C17H21BrN2O. The van der Waals surface area contributed by atoms with Gasteiger partial charge >= 0.3 is 0 Å². The number of halogens is 1. The predicted octanol–water partition coefficient (Wildman–Crippen LogP) is -0.535. The highest BCUT2D eigenvalue weighted by Crippen LogP contribution is 1.99. The minimum absolute atomic E-state index is 0. The van der Waals surface area contributed by atoms with E-state index in [4.69, 9.17) is 0 Å². The average molecular weight is 349 g/mol. The standard InChI is InChI=1S/C17H20N2O.BrH/c20-17(18-15-16-9-3-1-4-10-16)11-5-8-14-19-12-6-2-7-13-19;/h1-4,6-7,9-10,12-13H,5,8,11,14-15H2;1H. The van der Waals surface area contributed by atoms with Crippen LogP contribution in [0.25, 0.3) is 0 Å². The van der Waals surface area contributed by atoms with Crippen LogP contribution in [0.4, 0.5) is 0 Å². The van der Waals surface area contributed by atoms with Crippen molar-refractivity contribution in [3.05, 3.63) is 66.5 Å². The normalized spacial score (nSPS) is 9.71. The minimum atomic E-state index is 0. The Hall–Kier alpha value is -1.68. The van der Waals surface area contributed by atoms with Gasteiger partial charge in [0.25, 0.3) is 0 Å². The van der Waals surface area contributed by atoms with Crippen molar-refractivity contribution in [1.29, 1.82) is 0 Å². The van der Waals surface area contributed by atoms with E-state index in [9.17, 15) is 4.79 Å². The molecule has 0 radical (unpaired) electrons. The van der Waals surface area contributed by atoms with Crippen molar-refractivity contribution in [2.75, 3.05) is 0 Å². The Kier molecular flexibility index (Phi) is 8.36. The van der Waals surface area contributed by atoms with Gasteiger partial charge in [0.05, 0.1) is 0 Å². The highest BCUT2D eigenvalue weighted by atomic mass is 79.9. The number of carbonyl (C=O) groups excluding carboxylic acids is 1. The zero-order valence-electron chi connectivity index (χ0n) is 12.0. The quantitative estimate of drug-likeness (QED) is 0.529. The molecule has 0 saturated carbocycles. The van der Waals surface area contributed by atoms with Crippen molar-refractivity contribution < 1.29 is 26.3 Å². The van der Waals surface area contributed by atoms with Gasteiger partial charge in [-0.15, -0.1) is 0 Å². The zero-order chi connectivity index (χ0) is 14.0. The molecule has 2 rings (SSSR count). The van der Waals surface area contributed by atoms with Crippen molar-refractivity contribution in [1.82, 2.24) is 5.32 Å². The second-order valence-electron chi connectivity index (χ2n) is 4.83. The van der Waals surface area contributed by atoms with E-state index in [1.165, 1.54) is 0 Å². The number of rotatable bonds is 7. The molecule has 1 amide bonds. The van der Waals surface area contributed by atoms with E-state index in [1.807, 2.05) is 48.5 Å². The number of benzene rings is 1. The number of hydrogen-bond donors (Lipinski definition) is 1. The Balaban J connectivity index is 0.00000220. The van der Waals surface area contributed by atoms with Gasteiger partial charge in [0.15, 0.2) is 12.4 Å². The van der Waals surface area contributed by atoms with Crippen LogP contribution < -0.4 is 26.9 Å². The maximum absolute atomic E-state index is 11.7. The van der Waals surface area contributed by atoms with E-state index in [0.717, 1.165) is 24.9 Å². The molecular weight excluding hydrogens is 328 g/mol. The number of aryl methyl sites for hydroxylation is 1. The Morgan fingerprint density at radius 2 is 1.62 bits per heavy atom. The first kappa shape index (κ1) is 17.4. The van der Waals surface area contributed by atoms with Crippen molar-refractivity contribution >= 4 is 5.91 Å². The topological polar surface area (TPSA) is 33.0 Å². The summed E-state index contributed by atoms with van der Waals surface area (Å²) in [6.07, 6.45) is 6.64. The summed E-state index contributed by atoms with van der Waals surface area (Å²) in [6.45, 7) is 1.58. The van der Waals surface area contributed by atoms with Crippen molar-refractivity contribution in [3.63, 3.8) is 0 Å². The lowest BCUT2D eigenvalue weighted by atomic mass is 10.2. The van der Waals surface area contributed by atoms with Gasteiger partial charge in [-0.05, 0) is 12.0 Å². The molecule has 1 aromatic carbocycles. The number of nitrogens with zero attached hydrogens (tertiary/aromatic N) is 1. The van der Waals surface area contributed by atoms with Crippen LogP contribution in [-0.2, 0) is 17.9 Å². The van der Waals surface area contributed by atoms with E-state index < -0.39 is 0 Å². The summed E-state index contributed by atoms with van der Waals surface area (Å²) in [4.78, 5) is 11.7. The molecule has 0 bridgehead atoms. The van der Waals surface area contributed by atoms with Crippen LogP contribution in [0.5, 0.6) is 0 Å². The van der Waals surface area contributed by atoms with Gasteiger partial charge in [-0.1, -0.05) is 36.4 Å². The van der Waals surface area contributed by atoms with Gasteiger partial charge in [-0.25, -0.2) is 4.57 Å². The Bertz CT molecular complexity index is 517. The summed E-state index contributed by atoms with van der Waals surface area (Å²) in [5.74, 6) is 0.131. The molecule has 21 heavy (non-hydrogen) atoms. The van der Waals surface area contributed by atoms with Gasteiger partial charge in [-0.3, -0.25) is 4.79 Å². The third-order valence-corrected chi connectivity index (χ3v) is 3.18. The van der Waals surface area contributed by atoms with Crippen LogP contribution in [0.3, 0.4) is 0 Å². The predicted molar refractivity (Wildman–Crippen MR) is 78.8 cm³/mol. The van der Waals surface area contributed by atoms with Crippen LogP contribution in [0.2, 0.25) is 0 Å². The first-order valence-corrected chi connectivity index (χ1v) is 7.09. The molecule has 0 fully saturated rings. The smallest absolute Gasteiger partial charge is 0.220 e. The molecule has 0 saturated heterocycles. The fourth-order valence-corrected chi connectivity index (χ4v) is 2.05. The molecule has 1 heterocycles. The lowest BCUT2D eigenvalue weighted by Gasteiger charge is -2.04. The van der Waals surface area contributed by atoms with Crippen molar-refractivity contribution in [2.24, 2.45) is 0 Å². The molecule has 0 aliphatic carbocycles. The van der Waals surface area contributed by atoms with Gasteiger partial charge < -0.3 is 22.3 Å². The van der Waals surface area contributed by atoms with Crippen molar-refractivity contribution in [3.8, 4) is 0 Å². The SMILES string of the molecule is O=C(CCCC[n+]1ccccc1)NCc1ccccc1.[Br-]. The lowest BCUT2D eigenvalue weighted by molar-refractivity contribution is -0.697. The third kappa shape index (κ3) is 7.04. The number of amides is 1. The molecule has 1 aromatic heterocycles. The lowest BCUT2D eigenvalue weighted by Crippen LogP contribution is -3.00. The van der Waals surface area contributed by atoms with Gasteiger partial charge in [0.2, 0.25) is 5.91 Å². The first-order chi connectivity index (χ1) is 9.84. The number of hydrogen-bond acceptors (Lipinski definition) is 1. The monoisotopic (exact) mass is 348 g/mol. The molecule has 0 aliphatic heterocycles. The number of unbranched alkanes of at least 4 members (excludes halogenated alkanes) is 1. The fraction of sp³-hybridized carbons (Fsp3) is 0.294. The second kappa shape index (κ2) is 10.1. The fourth-order valence-electron chi connectivity index (χ4n) is 2.05. The number of aromatic nitrogens is 1. The van der Waals surface area contributed by atoms with Crippen LogP contribution in [0, 0.1) is 0 Å². The first-order valence-electron chi connectivity index (χ1n) is 7.09. The van der Waals surface area contributed by atoms with E-state index in [0.29, 0.717) is 13.0 Å².